The van der Waals surface area contributed by atoms with Gasteiger partial charge in [0, 0.05) is 25.0 Å². The van der Waals surface area contributed by atoms with Crippen LogP contribution < -0.4 is 5.73 Å². The third-order valence-corrected chi connectivity index (χ3v) is 4.53. The van der Waals surface area contributed by atoms with Crippen LogP contribution in [-0.4, -0.2) is 29.9 Å². The number of carbonyl (C=O) groups excluding carboxylic acids is 1. The zero-order chi connectivity index (χ0) is 13.0. The number of carbonyl (C=O) groups is 1. The van der Waals surface area contributed by atoms with Gasteiger partial charge in [0.15, 0.2) is 0 Å². The molecule has 0 radical (unpaired) electrons. The lowest BCUT2D eigenvalue weighted by Gasteiger charge is -2.38. The highest BCUT2D eigenvalue weighted by atomic mass is 16.2. The van der Waals surface area contributed by atoms with E-state index in [1.165, 1.54) is 32.1 Å². The largest absolute Gasteiger partial charge is 0.341 e. The predicted molar refractivity (Wildman–Crippen MR) is 74.1 cm³/mol. The highest BCUT2D eigenvalue weighted by Crippen LogP contribution is 2.28. The SMILES string of the molecule is CCCC1CC(N)CN(C(=O)C2CCCCC2)C1. The molecule has 2 atom stereocenters. The molecule has 104 valence electrons. The van der Waals surface area contributed by atoms with Crippen LogP contribution in [0.15, 0.2) is 0 Å². The van der Waals surface area contributed by atoms with E-state index < -0.39 is 0 Å². The van der Waals surface area contributed by atoms with E-state index in [2.05, 4.69) is 11.8 Å². The fraction of sp³-hybridized carbons (Fsp3) is 0.933. The van der Waals surface area contributed by atoms with Crippen molar-refractivity contribution in [2.24, 2.45) is 17.6 Å². The van der Waals surface area contributed by atoms with Gasteiger partial charge in [-0.25, -0.2) is 0 Å². The van der Waals surface area contributed by atoms with E-state index >= 15 is 0 Å². The molecule has 2 unspecified atom stereocenters. The van der Waals surface area contributed by atoms with Gasteiger partial charge >= 0.3 is 0 Å². The maximum Gasteiger partial charge on any atom is 0.225 e. The van der Waals surface area contributed by atoms with Gasteiger partial charge in [-0.1, -0.05) is 32.6 Å². The Hall–Kier alpha value is -0.570. The Labute approximate surface area is 111 Å². The number of amides is 1. The molecule has 1 saturated heterocycles. The van der Waals surface area contributed by atoms with Gasteiger partial charge in [0.1, 0.15) is 0 Å². The highest BCUT2D eigenvalue weighted by Gasteiger charge is 2.31. The molecule has 0 aromatic carbocycles. The average molecular weight is 252 g/mol. The van der Waals surface area contributed by atoms with Crippen LogP contribution in [0.25, 0.3) is 0 Å². The number of rotatable bonds is 3. The van der Waals surface area contributed by atoms with Crippen molar-refractivity contribution in [3.8, 4) is 0 Å². The van der Waals surface area contributed by atoms with Crippen molar-refractivity contribution in [2.75, 3.05) is 13.1 Å². The lowest BCUT2D eigenvalue weighted by atomic mass is 9.86. The molecule has 2 N–H and O–H groups in total. The fourth-order valence-electron chi connectivity index (χ4n) is 3.65. The number of nitrogens with two attached hydrogens (primary N) is 1. The summed E-state index contributed by atoms with van der Waals surface area (Å²) in [4.78, 5) is 14.6. The zero-order valence-electron chi connectivity index (χ0n) is 11.7. The van der Waals surface area contributed by atoms with Gasteiger partial charge in [-0.05, 0) is 31.6 Å². The first kappa shape index (κ1) is 13.9. The Morgan fingerprint density at radius 3 is 2.61 bits per heavy atom. The van der Waals surface area contributed by atoms with E-state index in [1.54, 1.807) is 0 Å². The zero-order valence-corrected chi connectivity index (χ0v) is 11.7. The van der Waals surface area contributed by atoms with Gasteiger partial charge in [0.2, 0.25) is 5.91 Å². The molecule has 0 aromatic heterocycles. The first-order chi connectivity index (χ1) is 8.70. The Balaban J connectivity index is 1.91. The Kier molecular flexibility index (Phi) is 5.04. The molecule has 3 heteroatoms. The molecule has 0 spiro atoms. The fourth-order valence-corrected chi connectivity index (χ4v) is 3.65. The molecule has 1 amide bonds. The summed E-state index contributed by atoms with van der Waals surface area (Å²) in [5.41, 5.74) is 6.12. The molecule has 0 bridgehead atoms. The quantitative estimate of drug-likeness (QED) is 0.839. The topological polar surface area (TPSA) is 46.3 Å². The summed E-state index contributed by atoms with van der Waals surface area (Å²) in [6.45, 7) is 3.96. The molecule has 1 aliphatic carbocycles. The first-order valence-electron chi connectivity index (χ1n) is 7.75. The predicted octanol–water partition coefficient (Wildman–Crippen LogP) is 2.54. The minimum absolute atomic E-state index is 0.197. The summed E-state index contributed by atoms with van der Waals surface area (Å²) in [6, 6.07) is 0.197. The molecule has 1 aliphatic heterocycles. The summed E-state index contributed by atoms with van der Waals surface area (Å²) in [5.74, 6) is 1.32. The van der Waals surface area contributed by atoms with E-state index in [4.69, 9.17) is 5.73 Å². The van der Waals surface area contributed by atoms with Crippen LogP contribution >= 0.6 is 0 Å². The standard InChI is InChI=1S/C15H28N2O/c1-2-6-12-9-14(16)11-17(10-12)15(18)13-7-4-3-5-8-13/h12-14H,2-11,16H2,1H3. The van der Waals surface area contributed by atoms with E-state index in [0.717, 1.165) is 32.4 Å². The van der Waals surface area contributed by atoms with Crippen LogP contribution in [0.1, 0.15) is 58.3 Å². The van der Waals surface area contributed by atoms with Crippen molar-refractivity contribution in [3.05, 3.63) is 0 Å². The molecule has 2 aliphatic rings. The van der Waals surface area contributed by atoms with E-state index in [-0.39, 0.29) is 6.04 Å². The molecule has 1 heterocycles. The van der Waals surface area contributed by atoms with Crippen LogP contribution in [0, 0.1) is 11.8 Å². The third kappa shape index (κ3) is 3.47. The van der Waals surface area contributed by atoms with Gasteiger partial charge in [0.05, 0.1) is 0 Å². The van der Waals surface area contributed by atoms with Crippen LogP contribution in [0.4, 0.5) is 0 Å². The summed E-state index contributed by atoms with van der Waals surface area (Å²) in [7, 11) is 0. The van der Waals surface area contributed by atoms with Crippen LogP contribution in [-0.2, 0) is 4.79 Å². The molecule has 18 heavy (non-hydrogen) atoms. The second-order valence-electron chi connectivity index (χ2n) is 6.23. The minimum atomic E-state index is 0.197. The smallest absolute Gasteiger partial charge is 0.225 e. The molecular weight excluding hydrogens is 224 g/mol. The normalized spacial score (nSPS) is 30.4. The van der Waals surface area contributed by atoms with Gasteiger partial charge in [-0.2, -0.15) is 0 Å². The van der Waals surface area contributed by atoms with Crippen molar-refractivity contribution < 1.29 is 4.79 Å². The highest BCUT2D eigenvalue weighted by molar-refractivity contribution is 5.79. The molecule has 2 rings (SSSR count). The van der Waals surface area contributed by atoms with E-state index in [0.29, 0.717) is 17.7 Å². The third-order valence-electron chi connectivity index (χ3n) is 4.53. The monoisotopic (exact) mass is 252 g/mol. The van der Waals surface area contributed by atoms with Gasteiger partial charge in [0.25, 0.3) is 0 Å². The first-order valence-corrected chi connectivity index (χ1v) is 7.75. The molecule has 2 fully saturated rings. The van der Waals surface area contributed by atoms with Gasteiger partial charge in [-0.3, -0.25) is 4.79 Å². The van der Waals surface area contributed by atoms with Crippen molar-refractivity contribution in [1.82, 2.24) is 4.90 Å². The van der Waals surface area contributed by atoms with Crippen molar-refractivity contribution in [1.29, 1.82) is 0 Å². The van der Waals surface area contributed by atoms with Crippen LogP contribution in [0.5, 0.6) is 0 Å². The van der Waals surface area contributed by atoms with Gasteiger partial charge < -0.3 is 10.6 Å². The summed E-state index contributed by atoms with van der Waals surface area (Å²) in [5, 5.41) is 0. The van der Waals surface area contributed by atoms with Gasteiger partial charge in [-0.15, -0.1) is 0 Å². The van der Waals surface area contributed by atoms with Crippen molar-refractivity contribution >= 4 is 5.91 Å². The van der Waals surface area contributed by atoms with Crippen molar-refractivity contribution in [2.45, 2.75) is 64.3 Å². The van der Waals surface area contributed by atoms with Crippen LogP contribution in [0.2, 0.25) is 0 Å². The summed E-state index contributed by atoms with van der Waals surface area (Å²) < 4.78 is 0. The van der Waals surface area contributed by atoms with E-state index in [9.17, 15) is 4.79 Å². The number of hydrogen-bond acceptors (Lipinski definition) is 2. The molecule has 1 saturated carbocycles. The molecule has 3 nitrogen and oxygen atoms in total. The molecule has 0 aromatic rings. The second-order valence-corrected chi connectivity index (χ2v) is 6.23. The van der Waals surface area contributed by atoms with Crippen LogP contribution in [0.3, 0.4) is 0 Å². The summed E-state index contributed by atoms with van der Waals surface area (Å²) in [6.07, 6.45) is 9.48. The van der Waals surface area contributed by atoms with E-state index in [1.807, 2.05) is 0 Å². The maximum absolute atomic E-state index is 12.5. The lowest BCUT2D eigenvalue weighted by Crippen LogP contribution is -2.51. The Morgan fingerprint density at radius 2 is 1.94 bits per heavy atom. The number of likely N-dealkylation sites (tertiary alicyclic amines) is 1. The Bertz CT molecular complexity index is 274. The number of piperidine rings is 1. The lowest BCUT2D eigenvalue weighted by molar-refractivity contribution is -0.138. The van der Waals surface area contributed by atoms with Crippen molar-refractivity contribution in [3.63, 3.8) is 0 Å². The molecular formula is C15H28N2O. The Morgan fingerprint density at radius 1 is 1.22 bits per heavy atom. The number of hydrogen-bond donors (Lipinski definition) is 1. The second kappa shape index (κ2) is 6.55. The average Bonchev–Trinajstić information content (AvgIpc) is 2.38. The minimum Gasteiger partial charge on any atom is -0.341 e. The summed E-state index contributed by atoms with van der Waals surface area (Å²) >= 11 is 0. The maximum atomic E-state index is 12.5. The number of nitrogens with zero attached hydrogens (tertiary/aromatic N) is 1.